The number of hydrogen-bond acceptors (Lipinski definition) is 1. The van der Waals surface area contributed by atoms with Crippen molar-refractivity contribution in [3.05, 3.63) is 11.1 Å². The molecule has 0 bridgehead atoms. The molecule has 2 fully saturated rings. The van der Waals surface area contributed by atoms with E-state index in [1.165, 1.54) is 44.1 Å². The quantitative estimate of drug-likeness (QED) is 0.686. The van der Waals surface area contributed by atoms with Crippen LogP contribution in [0.3, 0.4) is 0 Å². The molecule has 0 aromatic rings. The summed E-state index contributed by atoms with van der Waals surface area (Å²) in [4.78, 5) is 0. The fourth-order valence-corrected chi connectivity index (χ4v) is 3.50. The minimum Gasteiger partial charge on any atom is -0.388 e. The van der Waals surface area contributed by atoms with E-state index in [0.717, 1.165) is 12.3 Å². The molecule has 2 rings (SSSR count). The van der Waals surface area contributed by atoms with Crippen LogP contribution in [0.1, 0.15) is 58.8 Å². The molecule has 86 valence electrons. The van der Waals surface area contributed by atoms with Crippen molar-refractivity contribution >= 4 is 0 Å². The van der Waals surface area contributed by atoms with Crippen molar-refractivity contribution in [2.75, 3.05) is 0 Å². The molecule has 0 saturated heterocycles. The highest BCUT2D eigenvalue weighted by molar-refractivity contribution is 5.26. The molecule has 1 nitrogen and oxygen atoms in total. The van der Waals surface area contributed by atoms with Crippen LogP contribution in [0.2, 0.25) is 0 Å². The third-order valence-corrected chi connectivity index (χ3v) is 4.51. The van der Waals surface area contributed by atoms with E-state index in [9.17, 15) is 5.11 Å². The van der Waals surface area contributed by atoms with Crippen molar-refractivity contribution in [3.63, 3.8) is 0 Å². The van der Waals surface area contributed by atoms with Gasteiger partial charge in [-0.25, -0.2) is 0 Å². The van der Waals surface area contributed by atoms with Crippen LogP contribution < -0.4 is 0 Å². The van der Waals surface area contributed by atoms with E-state index in [0.29, 0.717) is 5.92 Å². The third-order valence-electron chi connectivity index (χ3n) is 4.51. The Balaban J connectivity index is 2.18. The molecule has 0 aromatic heterocycles. The lowest BCUT2D eigenvalue weighted by atomic mass is 9.92. The van der Waals surface area contributed by atoms with E-state index < -0.39 is 0 Å². The first kappa shape index (κ1) is 11.2. The number of aliphatic hydroxyl groups is 1. The van der Waals surface area contributed by atoms with Crippen LogP contribution in [0.4, 0.5) is 0 Å². The zero-order chi connectivity index (χ0) is 10.8. The Morgan fingerprint density at radius 3 is 2.47 bits per heavy atom. The van der Waals surface area contributed by atoms with Gasteiger partial charge in [-0.15, -0.1) is 0 Å². The highest BCUT2D eigenvalue weighted by Gasteiger charge is 2.33. The summed E-state index contributed by atoms with van der Waals surface area (Å²) in [5.41, 5.74) is 3.08. The van der Waals surface area contributed by atoms with Gasteiger partial charge in [-0.05, 0) is 55.9 Å². The second-order valence-electron chi connectivity index (χ2n) is 5.20. The molecule has 2 aliphatic rings. The number of rotatable bonds is 2. The van der Waals surface area contributed by atoms with Crippen molar-refractivity contribution in [2.45, 2.75) is 64.9 Å². The number of aliphatic hydroxyl groups excluding tert-OH is 1. The first-order chi connectivity index (χ1) is 7.27. The van der Waals surface area contributed by atoms with Gasteiger partial charge in [-0.1, -0.05) is 25.8 Å². The van der Waals surface area contributed by atoms with Gasteiger partial charge >= 0.3 is 0 Å². The maximum atomic E-state index is 10.3. The first-order valence-corrected chi connectivity index (χ1v) is 6.67. The second kappa shape index (κ2) is 4.69. The SMILES string of the molecule is CCC1CCC/C1=C1/CCC(CC)C1O. The Morgan fingerprint density at radius 2 is 1.87 bits per heavy atom. The summed E-state index contributed by atoms with van der Waals surface area (Å²) in [5.74, 6) is 1.34. The molecule has 0 radical (unpaired) electrons. The number of allylic oxidation sites excluding steroid dienone is 1. The minimum absolute atomic E-state index is 0.0999. The van der Waals surface area contributed by atoms with Crippen LogP contribution in [-0.4, -0.2) is 11.2 Å². The summed E-state index contributed by atoms with van der Waals surface area (Å²) in [5, 5.41) is 10.3. The minimum atomic E-state index is -0.0999. The van der Waals surface area contributed by atoms with Crippen molar-refractivity contribution in [1.29, 1.82) is 0 Å². The monoisotopic (exact) mass is 208 g/mol. The van der Waals surface area contributed by atoms with Crippen LogP contribution in [0.25, 0.3) is 0 Å². The molecule has 15 heavy (non-hydrogen) atoms. The standard InChI is InChI=1S/C14H24O/c1-3-10-6-5-7-12(10)13-9-8-11(4-2)14(13)15/h10-11,14-15H,3-9H2,1-2H3/b13-12+. The van der Waals surface area contributed by atoms with Crippen LogP contribution in [-0.2, 0) is 0 Å². The predicted octanol–water partition coefficient (Wildman–Crippen LogP) is 3.67. The maximum absolute atomic E-state index is 10.3. The summed E-state index contributed by atoms with van der Waals surface area (Å²) in [6.45, 7) is 4.49. The predicted molar refractivity (Wildman–Crippen MR) is 63.7 cm³/mol. The Bertz CT molecular complexity index is 254. The molecule has 3 unspecified atom stereocenters. The molecule has 2 saturated carbocycles. The molecule has 0 aromatic carbocycles. The van der Waals surface area contributed by atoms with Gasteiger partial charge in [0.15, 0.2) is 0 Å². The topological polar surface area (TPSA) is 20.2 Å². The van der Waals surface area contributed by atoms with Crippen LogP contribution in [0.15, 0.2) is 11.1 Å². The highest BCUT2D eigenvalue weighted by atomic mass is 16.3. The molecule has 0 heterocycles. The molecule has 0 aliphatic heterocycles. The summed E-state index contributed by atoms with van der Waals surface area (Å²) in [7, 11) is 0. The van der Waals surface area contributed by atoms with Gasteiger partial charge in [0.05, 0.1) is 6.10 Å². The second-order valence-corrected chi connectivity index (χ2v) is 5.20. The maximum Gasteiger partial charge on any atom is 0.0780 e. The van der Waals surface area contributed by atoms with E-state index in [4.69, 9.17) is 0 Å². The molecule has 0 amide bonds. The first-order valence-electron chi connectivity index (χ1n) is 6.67. The Labute approximate surface area is 93.6 Å². The average Bonchev–Trinajstić information content (AvgIpc) is 2.83. The van der Waals surface area contributed by atoms with Crippen molar-refractivity contribution in [3.8, 4) is 0 Å². The molecular weight excluding hydrogens is 184 g/mol. The molecule has 2 aliphatic carbocycles. The summed E-state index contributed by atoms with van der Waals surface area (Å²) >= 11 is 0. The third kappa shape index (κ3) is 1.99. The van der Waals surface area contributed by atoms with Crippen molar-refractivity contribution in [2.24, 2.45) is 11.8 Å². The summed E-state index contributed by atoms with van der Waals surface area (Å²) in [6.07, 6.45) is 8.66. The van der Waals surface area contributed by atoms with E-state index in [-0.39, 0.29) is 6.10 Å². The van der Waals surface area contributed by atoms with Gasteiger partial charge in [0, 0.05) is 0 Å². The van der Waals surface area contributed by atoms with E-state index >= 15 is 0 Å². The molecule has 1 N–H and O–H groups in total. The van der Waals surface area contributed by atoms with E-state index in [1.807, 2.05) is 0 Å². The fraction of sp³-hybridized carbons (Fsp3) is 0.857. The van der Waals surface area contributed by atoms with Crippen molar-refractivity contribution < 1.29 is 5.11 Å². The molecule has 3 atom stereocenters. The van der Waals surface area contributed by atoms with E-state index in [1.54, 1.807) is 5.57 Å². The zero-order valence-electron chi connectivity index (χ0n) is 10.1. The average molecular weight is 208 g/mol. The fourth-order valence-electron chi connectivity index (χ4n) is 3.50. The summed E-state index contributed by atoms with van der Waals surface area (Å²) < 4.78 is 0. The van der Waals surface area contributed by atoms with E-state index in [2.05, 4.69) is 13.8 Å². The Kier molecular flexibility index (Phi) is 3.50. The van der Waals surface area contributed by atoms with Gasteiger partial charge in [0.1, 0.15) is 0 Å². The number of hydrogen-bond donors (Lipinski definition) is 1. The van der Waals surface area contributed by atoms with Crippen molar-refractivity contribution in [1.82, 2.24) is 0 Å². The van der Waals surface area contributed by atoms with Gasteiger partial charge in [-0.3, -0.25) is 0 Å². The van der Waals surface area contributed by atoms with Gasteiger partial charge < -0.3 is 5.11 Å². The molecule has 0 spiro atoms. The van der Waals surface area contributed by atoms with Crippen LogP contribution in [0, 0.1) is 11.8 Å². The lowest BCUT2D eigenvalue weighted by molar-refractivity contribution is 0.158. The Morgan fingerprint density at radius 1 is 1.07 bits per heavy atom. The van der Waals surface area contributed by atoms with Crippen LogP contribution in [0.5, 0.6) is 0 Å². The van der Waals surface area contributed by atoms with Gasteiger partial charge in [0.25, 0.3) is 0 Å². The lowest BCUT2D eigenvalue weighted by Crippen LogP contribution is -2.16. The lowest BCUT2D eigenvalue weighted by Gasteiger charge is -2.18. The zero-order valence-corrected chi connectivity index (χ0v) is 10.1. The molecular formula is C14H24O. The molecule has 1 heteroatoms. The van der Waals surface area contributed by atoms with Crippen LogP contribution >= 0.6 is 0 Å². The van der Waals surface area contributed by atoms with Gasteiger partial charge in [-0.2, -0.15) is 0 Å². The smallest absolute Gasteiger partial charge is 0.0780 e. The largest absolute Gasteiger partial charge is 0.388 e. The summed E-state index contributed by atoms with van der Waals surface area (Å²) in [6, 6.07) is 0. The van der Waals surface area contributed by atoms with Gasteiger partial charge in [0.2, 0.25) is 0 Å². The highest BCUT2D eigenvalue weighted by Crippen LogP contribution is 2.43. The normalized spacial score (nSPS) is 41.4. The Hall–Kier alpha value is -0.300.